The predicted octanol–water partition coefficient (Wildman–Crippen LogP) is 2.97. The number of hydrogen-bond acceptors (Lipinski definition) is 2. The van der Waals surface area contributed by atoms with Gasteiger partial charge in [0.25, 0.3) is 0 Å². The third kappa shape index (κ3) is 2.39. The van der Waals surface area contributed by atoms with E-state index in [0.29, 0.717) is 0 Å². The van der Waals surface area contributed by atoms with E-state index in [0.717, 1.165) is 23.5 Å². The van der Waals surface area contributed by atoms with Gasteiger partial charge in [0.05, 0.1) is 17.4 Å². The van der Waals surface area contributed by atoms with Crippen LogP contribution in [0.1, 0.15) is 31.7 Å². The molecule has 0 bridgehead atoms. The first kappa shape index (κ1) is 11.9. The molecule has 1 aromatic heterocycles. The fraction of sp³-hybridized carbons (Fsp3) is 0.357. The third-order valence-corrected chi connectivity index (χ3v) is 3.18. The van der Waals surface area contributed by atoms with Crippen LogP contribution < -0.4 is 5.73 Å². The summed E-state index contributed by atoms with van der Waals surface area (Å²) in [5.74, 6) is 0.844. The maximum Gasteiger partial charge on any atom is 0.126 e. The monoisotopic (exact) mass is 229 g/mol. The number of aromatic nitrogens is 2. The quantitative estimate of drug-likeness (QED) is 0.850. The van der Waals surface area contributed by atoms with Crippen LogP contribution in [0.2, 0.25) is 0 Å². The summed E-state index contributed by atoms with van der Waals surface area (Å²) >= 11 is 0. The van der Waals surface area contributed by atoms with Crippen LogP contribution in [-0.4, -0.2) is 9.97 Å². The van der Waals surface area contributed by atoms with E-state index in [1.165, 1.54) is 5.56 Å². The van der Waals surface area contributed by atoms with Crippen LogP contribution in [0.4, 0.5) is 0 Å². The Morgan fingerprint density at radius 3 is 2.82 bits per heavy atom. The Morgan fingerprint density at radius 2 is 2.18 bits per heavy atom. The predicted molar refractivity (Wildman–Crippen MR) is 70.6 cm³/mol. The minimum atomic E-state index is -0.387. The first-order chi connectivity index (χ1) is 8.03. The molecule has 0 saturated heterocycles. The van der Waals surface area contributed by atoms with Gasteiger partial charge in [0, 0.05) is 0 Å². The fourth-order valence-corrected chi connectivity index (χ4v) is 1.74. The molecule has 1 atom stereocenters. The molecule has 1 heterocycles. The number of H-pyrrole nitrogens is 1. The average Bonchev–Trinajstić information content (AvgIpc) is 2.79. The molecule has 1 unspecified atom stereocenters. The van der Waals surface area contributed by atoms with Crippen LogP contribution in [-0.2, 0) is 5.54 Å². The second-order valence-electron chi connectivity index (χ2n) is 4.79. The van der Waals surface area contributed by atoms with E-state index in [1.54, 1.807) is 0 Å². The van der Waals surface area contributed by atoms with Crippen LogP contribution >= 0.6 is 0 Å². The highest BCUT2D eigenvalue weighted by atomic mass is 15.0. The molecule has 0 aliphatic carbocycles. The van der Waals surface area contributed by atoms with Gasteiger partial charge in [0.2, 0.25) is 0 Å². The molecule has 3 N–H and O–H groups in total. The smallest absolute Gasteiger partial charge is 0.126 e. The van der Waals surface area contributed by atoms with E-state index >= 15 is 0 Å². The summed E-state index contributed by atoms with van der Waals surface area (Å²) in [4.78, 5) is 7.70. The van der Waals surface area contributed by atoms with Crippen LogP contribution in [0.15, 0.2) is 30.5 Å². The van der Waals surface area contributed by atoms with Crippen molar-refractivity contribution in [1.29, 1.82) is 0 Å². The van der Waals surface area contributed by atoms with E-state index in [1.807, 2.05) is 19.2 Å². The van der Waals surface area contributed by atoms with Gasteiger partial charge < -0.3 is 10.7 Å². The van der Waals surface area contributed by atoms with E-state index in [2.05, 4.69) is 42.0 Å². The number of benzene rings is 1. The van der Waals surface area contributed by atoms with Gasteiger partial charge in [0.15, 0.2) is 0 Å². The molecule has 0 spiro atoms. The summed E-state index contributed by atoms with van der Waals surface area (Å²) in [7, 11) is 0. The Balaban J connectivity index is 2.36. The first-order valence-corrected chi connectivity index (χ1v) is 5.94. The maximum absolute atomic E-state index is 6.16. The largest absolute Gasteiger partial charge is 0.340 e. The zero-order valence-corrected chi connectivity index (χ0v) is 10.6. The van der Waals surface area contributed by atoms with E-state index in [-0.39, 0.29) is 5.54 Å². The van der Waals surface area contributed by atoms with Crippen molar-refractivity contribution >= 4 is 0 Å². The third-order valence-electron chi connectivity index (χ3n) is 3.18. The van der Waals surface area contributed by atoms with Crippen molar-refractivity contribution in [1.82, 2.24) is 9.97 Å². The molecule has 3 heteroatoms. The highest BCUT2D eigenvalue weighted by Crippen LogP contribution is 2.23. The molecule has 0 amide bonds. The Morgan fingerprint density at radius 1 is 1.41 bits per heavy atom. The summed E-state index contributed by atoms with van der Waals surface area (Å²) < 4.78 is 0. The van der Waals surface area contributed by atoms with Crippen molar-refractivity contribution in [3.63, 3.8) is 0 Å². The summed E-state index contributed by atoms with van der Waals surface area (Å²) in [6.07, 6.45) is 2.71. The van der Waals surface area contributed by atoms with Crippen LogP contribution in [0, 0.1) is 6.92 Å². The molecule has 2 rings (SSSR count). The Hall–Kier alpha value is -1.61. The van der Waals surface area contributed by atoms with Gasteiger partial charge in [-0.15, -0.1) is 0 Å². The minimum absolute atomic E-state index is 0.387. The van der Waals surface area contributed by atoms with E-state index < -0.39 is 0 Å². The number of aryl methyl sites for hydroxylation is 1. The molecular weight excluding hydrogens is 210 g/mol. The molecule has 0 aliphatic heterocycles. The second kappa shape index (κ2) is 4.34. The molecule has 0 radical (unpaired) electrons. The van der Waals surface area contributed by atoms with Gasteiger partial charge in [-0.25, -0.2) is 4.98 Å². The minimum Gasteiger partial charge on any atom is -0.340 e. The molecular formula is C14H19N3. The molecule has 2 aromatic rings. The lowest BCUT2D eigenvalue weighted by atomic mass is 10.00. The van der Waals surface area contributed by atoms with Crippen molar-refractivity contribution < 1.29 is 0 Å². The van der Waals surface area contributed by atoms with Crippen LogP contribution in [0.25, 0.3) is 11.3 Å². The van der Waals surface area contributed by atoms with Crippen molar-refractivity contribution in [2.75, 3.05) is 0 Å². The van der Waals surface area contributed by atoms with Crippen LogP contribution in [0.3, 0.4) is 0 Å². The van der Waals surface area contributed by atoms with Gasteiger partial charge in [-0.1, -0.05) is 30.7 Å². The Bertz CT molecular complexity index is 512. The SMILES string of the molecule is CCC(C)(N)c1ncc(-c2cccc(C)c2)[nH]1. The summed E-state index contributed by atoms with van der Waals surface area (Å²) in [6, 6.07) is 8.34. The zero-order chi connectivity index (χ0) is 12.5. The van der Waals surface area contributed by atoms with Gasteiger partial charge in [-0.2, -0.15) is 0 Å². The lowest BCUT2D eigenvalue weighted by molar-refractivity contribution is 0.450. The number of imidazole rings is 1. The topological polar surface area (TPSA) is 54.7 Å². The van der Waals surface area contributed by atoms with Crippen LogP contribution in [0.5, 0.6) is 0 Å². The Labute approximate surface area is 102 Å². The standard InChI is InChI=1S/C14H19N3/c1-4-14(3,15)13-16-9-12(17-13)11-7-5-6-10(2)8-11/h5-9H,4,15H2,1-3H3,(H,16,17). The number of hydrogen-bond donors (Lipinski definition) is 2. The van der Waals surface area contributed by atoms with E-state index in [4.69, 9.17) is 5.73 Å². The number of aromatic amines is 1. The first-order valence-electron chi connectivity index (χ1n) is 5.94. The molecule has 3 nitrogen and oxygen atoms in total. The molecule has 0 fully saturated rings. The number of nitrogens with two attached hydrogens (primary N) is 1. The highest BCUT2D eigenvalue weighted by molar-refractivity contribution is 5.59. The van der Waals surface area contributed by atoms with Gasteiger partial charge in [-0.05, 0) is 31.9 Å². The summed E-state index contributed by atoms with van der Waals surface area (Å²) in [6.45, 7) is 6.14. The normalized spacial score (nSPS) is 14.6. The Kier molecular flexibility index (Phi) is 3.03. The number of nitrogens with zero attached hydrogens (tertiary/aromatic N) is 1. The number of rotatable bonds is 3. The fourth-order valence-electron chi connectivity index (χ4n) is 1.74. The van der Waals surface area contributed by atoms with Crippen molar-refractivity contribution in [2.45, 2.75) is 32.7 Å². The molecule has 0 aliphatic rings. The second-order valence-corrected chi connectivity index (χ2v) is 4.79. The van der Waals surface area contributed by atoms with Gasteiger partial charge in [-0.3, -0.25) is 0 Å². The van der Waals surface area contributed by atoms with Crippen molar-refractivity contribution in [3.8, 4) is 11.3 Å². The lowest BCUT2D eigenvalue weighted by Gasteiger charge is -2.19. The molecule has 90 valence electrons. The summed E-state index contributed by atoms with van der Waals surface area (Å²) in [5, 5.41) is 0. The maximum atomic E-state index is 6.16. The van der Waals surface area contributed by atoms with Gasteiger partial charge in [0.1, 0.15) is 5.82 Å². The lowest BCUT2D eigenvalue weighted by Crippen LogP contribution is -2.33. The highest BCUT2D eigenvalue weighted by Gasteiger charge is 2.22. The molecule has 17 heavy (non-hydrogen) atoms. The van der Waals surface area contributed by atoms with Crippen molar-refractivity contribution in [2.24, 2.45) is 5.73 Å². The van der Waals surface area contributed by atoms with E-state index in [9.17, 15) is 0 Å². The summed E-state index contributed by atoms with van der Waals surface area (Å²) in [5.41, 5.74) is 9.19. The molecule has 0 saturated carbocycles. The zero-order valence-electron chi connectivity index (χ0n) is 10.6. The average molecular weight is 229 g/mol. The van der Waals surface area contributed by atoms with Gasteiger partial charge >= 0.3 is 0 Å². The number of nitrogens with one attached hydrogen (secondary N) is 1. The van der Waals surface area contributed by atoms with Crippen molar-refractivity contribution in [3.05, 3.63) is 41.9 Å². The molecule has 1 aromatic carbocycles.